The third kappa shape index (κ3) is 16.1. The number of ether oxygens (including phenoxy) is 3. The van der Waals surface area contributed by atoms with Crippen molar-refractivity contribution in [3.8, 4) is 0 Å². The van der Waals surface area contributed by atoms with Crippen LogP contribution in [0, 0.1) is 0 Å². The van der Waals surface area contributed by atoms with E-state index in [2.05, 4.69) is 0 Å². The van der Waals surface area contributed by atoms with E-state index in [1.54, 1.807) is 7.11 Å². The van der Waals surface area contributed by atoms with Gasteiger partial charge in [0.15, 0.2) is 0 Å². The summed E-state index contributed by atoms with van der Waals surface area (Å²) in [6, 6.07) is 0. The van der Waals surface area contributed by atoms with E-state index >= 15 is 0 Å². The molecule has 0 saturated heterocycles. The summed E-state index contributed by atoms with van der Waals surface area (Å²) in [6.07, 6.45) is 3.13. The highest BCUT2D eigenvalue weighted by Gasteiger charge is 2.03. The van der Waals surface area contributed by atoms with E-state index in [-0.39, 0.29) is 5.75 Å². The van der Waals surface area contributed by atoms with Gasteiger partial charge in [-0.25, -0.2) is 8.42 Å². The molecule has 0 fully saturated rings. The fourth-order valence-electron chi connectivity index (χ4n) is 1.28. The number of methoxy groups -OCH3 is 1. The van der Waals surface area contributed by atoms with Crippen LogP contribution in [-0.4, -0.2) is 54.3 Å². The normalized spacial score (nSPS) is 11.9. The predicted molar refractivity (Wildman–Crippen MR) is 71.6 cm³/mol. The van der Waals surface area contributed by atoms with Gasteiger partial charge in [0.2, 0.25) is 9.05 Å². The first-order valence-corrected chi connectivity index (χ1v) is 8.61. The van der Waals surface area contributed by atoms with Crippen molar-refractivity contribution < 1.29 is 22.6 Å². The molecule has 0 rings (SSSR count). The van der Waals surface area contributed by atoms with Crippen molar-refractivity contribution in [3.05, 3.63) is 0 Å². The summed E-state index contributed by atoms with van der Waals surface area (Å²) in [6.45, 7) is 3.18. The Balaban J connectivity index is 3.03. The van der Waals surface area contributed by atoms with E-state index < -0.39 is 9.05 Å². The molecule has 0 saturated carbocycles. The molecule has 7 heteroatoms. The Morgan fingerprint density at radius 2 is 1.44 bits per heavy atom. The van der Waals surface area contributed by atoms with Crippen LogP contribution in [0.25, 0.3) is 0 Å². The average molecular weight is 303 g/mol. The Bertz CT molecular complexity index is 269. The molecule has 0 atom stereocenters. The molecule has 0 unspecified atom stereocenters. The van der Waals surface area contributed by atoms with Gasteiger partial charge in [0.05, 0.1) is 19.0 Å². The molecule has 110 valence electrons. The van der Waals surface area contributed by atoms with E-state index in [0.29, 0.717) is 39.5 Å². The average Bonchev–Trinajstić information content (AvgIpc) is 2.29. The van der Waals surface area contributed by atoms with Gasteiger partial charge >= 0.3 is 0 Å². The van der Waals surface area contributed by atoms with E-state index in [4.69, 9.17) is 24.9 Å². The topological polar surface area (TPSA) is 61.8 Å². The molecule has 0 aliphatic carbocycles. The number of halogens is 1. The summed E-state index contributed by atoms with van der Waals surface area (Å²) < 4.78 is 36.8. The Morgan fingerprint density at radius 3 is 2.00 bits per heavy atom. The van der Waals surface area contributed by atoms with Crippen LogP contribution in [0.3, 0.4) is 0 Å². The molecule has 0 heterocycles. The van der Waals surface area contributed by atoms with Crippen molar-refractivity contribution >= 4 is 19.7 Å². The van der Waals surface area contributed by atoms with Gasteiger partial charge in [-0.2, -0.15) is 0 Å². The SMILES string of the molecule is COCCCOCCOCCCCCS(=O)(=O)Cl. The molecular weight excluding hydrogens is 280 g/mol. The Morgan fingerprint density at radius 1 is 0.833 bits per heavy atom. The third-order valence-electron chi connectivity index (χ3n) is 2.19. The van der Waals surface area contributed by atoms with E-state index in [1.807, 2.05) is 0 Å². The second kappa shape index (κ2) is 12.2. The third-order valence-corrected chi connectivity index (χ3v) is 3.43. The number of rotatable bonds is 13. The van der Waals surface area contributed by atoms with Gasteiger partial charge in [-0.3, -0.25) is 0 Å². The minimum absolute atomic E-state index is 0.0389. The van der Waals surface area contributed by atoms with E-state index in [1.165, 1.54) is 0 Å². The first-order chi connectivity index (χ1) is 8.56. The van der Waals surface area contributed by atoms with Crippen molar-refractivity contribution in [2.45, 2.75) is 25.7 Å². The highest BCUT2D eigenvalue weighted by molar-refractivity contribution is 8.13. The highest BCUT2D eigenvalue weighted by atomic mass is 35.7. The molecule has 0 aromatic carbocycles. The van der Waals surface area contributed by atoms with Crippen molar-refractivity contribution in [1.82, 2.24) is 0 Å². The van der Waals surface area contributed by atoms with Crippen molar-refractivity contribution in [2.24, 2.45) is 0 Å². The lowest BCUT2D eigenvalue weighted by molar-refractivity contribution is 0.0388. The fourth-order valence-corrected chi connectivity index (χ4v) is 2.16. The molecular formula is C11H23ClO5S. The van der Waals surface area contributed by atoms with Crippen molar-refractivity contribution in [2.75, 3.05) is 45.9 Å². The molecule has 0 aliphatic heterocycles. The molecule has 18 heavy (non-hydrogen) atoms. The van der Waals surface area contributed by atoms with Crippen molar-refractivity contribution in [3.63, 3.8) is 0 Å². The zero-order chi connectivity index (χ0) is 13.7. The fraction of sp³-hybridized carbons (Fsp3) is 1.00. The molecule has 0 aromatic heterocycles. The van der Waals surface area contributed by atoms with E-state index in [0.717, 1.165) is 19.3 Å². The zero-order valence-electron chi connectivity index (χ0n) is 10.9. The largest absolute Gasteiger partial charge is 0.385 e. The lowest BCUT2D eigenvalue weighted by atomic mass is 10.3. The van der Waals surface area contributed by atoms with Gasteiger partial charge < -0.3 is 14.2 Å². The number of hydrogen-bond donors (Lipinski definition) is 0. The zero-order valence-corrected chi connectivity index (χ0v) is 12.5. The maximum atomic E-state index is 10.6. The van der Waals surface area contributed by atoms with Gasteiger partial charge in [0, 0.05) is 37.6 Å². The molecule has 0 N–H and O–H groups in total. The second-order valence-corrected chi connectivity index (χ2v) is 6.77. The monoisotopic (exact) mass is 302 g/mol. The smallest absolute Gasteiger partial charge is 0.232 e. The first-order valence-electron chi connectivity index (χ1n) is 6.13. The van der Waals surface area contributed by atoms with Crippen LogP contribution in [-0.2, 0) is 23.3 Å². The molecule has 0 radical (unpaired) electrons. The molecule has 0 bridgehead atoms. The summed E-state index contributed by atoms with van der Waals surface area (Å²) >= 11 is 0. The maximum Gasteiger partial charge on any atom is 0.232 e. The van der Waals surface area contributed by atoms with E-state index in [9.17, 15) is 8.42 Å². The van der Waals surface area contributed by atoms with Crippen LogP contribution in [0.1, 0.15) is 25.7 Å². The van der Waals surface area contributed by atoms with Crippen LogP contribution in [0.4, 0.5) is 0 Å². The summed E-state index contributed by atoms with van der Waals surface area (Å²) in [4.78, 5) is 0. The molecule has 5 nitrogen and oxygen atoms in total. The highest BCUT2D eigenvalue weighted by Crippen LogP contribution is 2.03. The van der Waals surface area contributed by atoms with Gasteiger partial charge in [-0.05, 0) is 19.3 Å². The van der Waals surface area contributed by atoms with Crippen LogP contribution < -0.4 is 0 Å². The standard InChI is InChI=1S/C11H23ClO5S/c1-15-6-5-8-17-10-9-16-7-3-2-4-11-18(12,13)14/h2-11H2,1H3. The summed E-state index contributed by atoms with van der Waals surface area (Å²) in [7, 11) is 3.41. The summed E-state index contributed by atoms with van der Waals surface area (Å²) in [5, 5.41) is 0. The van der Waals surface area contributed by atoms with Crippen LogP contribution >= 0.6 is 10.7 Å². The number of hydrogen-bond acceptors (Lipinski definition) is 5. The van der Waals surface area contributed by atoms with Crippen LogP contribution in [0.5, 0.6) is 0 Å². The lowest BCUT2D eigenvalue weighted by Crippen LogP contribution is -2.07. The predicted octanol–water partition coefficient (Wildman–Crippen LogP) is 1.80. The van der Waals surface area contributed by atoms with Gasteiger partial charge in [-0.15, -0.1) is 0 Å². The lowest BCUT2D eigenvalue weighted by Gasteiger charge is -2.05. The van der Waals surface area contributed by atoms with Crippen LogP contribution in [0.15, 0.2) is 0 Å². The maximum absolute atomic E-state index is 10.6. The quantitative estimate of drug-likeness (QED) is 0.383. The van der Waals surface area contributed by atoms with Gasteiger partial charge in [0.1, 0.15) is 0 Å². The molecule has 0 aliphatic rings. The van der Waals surface area contributed by atoms with Crippen molar-refractivity contribution in [1.29, 1.82) is 0 Å². The Hall–Kier alpha value is 0.120. The Labute approximate surface area is 114 Å². The van der Waals surface area contributed by atoms with Gasteiger partial charge in [0.25, 0.3) is 0 Å². The van der Waals surface area contributed by atoms with Gasteiger partial charge in [-0.1, -0.05) is 6.42 Å². The summed E-state index contributed by atoms with van der Waals surface area (Å²) in [5.74, 6) is 0.0389. The minimum Gasteiger partial charge on any atom is -0.385 e. The molecule has 0 aromatic rings. The number of unbranched alkanes of at least 4 members (excludes halogenated alkanes) is 2. The molecule has 0 spiro atoms. The molecule has 0 amide bonds. The first kappa shape index (κ1) is 18.1. The second-order valence-electron chi connectivity index (χ2n) is 3.87. The minimum atomic E-state index is -3.34. The summed E-state index contributed by atoms with van der Waals surface area (Å²) in [5.41, 5.74) is 0. The van der Waals surface area contributed by atoms with Crippen LogP contribution in [0.2, 0.25) is 0 Å². The Kier molecular flexibility index (Phi) is 12.3.